The van der Waals surface area contributed by atoms with E-state index < -0.39 is 53.6 Å². The van der Waals surface area contributed by atoms with E-state index in [9.17, 15) is 43.5 Å². The van der Waals surface area contributed by atoms with Gasteiger partial charge in [0, 0.05) is 33.2 Å². The Morgan fingerprint density at radius 3 is 1.30 bits per heavy atom. The van der Waals surface area contributed by atoms with Gasteiger partial charge in [-0.25, -0.2) is 24.0 Å². The minimum atomic E-state index is -1.17. The zero-order chi connectivity index (χ0) is 57.6. The van der Waals surface area contributed by atoms with Crippen LogP contribution in [0.1, 0.15) is 107 Å². The number of carbonyl (C=O) groups is 8. The Balaban J connectivity index is 0.000000465. The fourth-order valence-electron chi connectivity index (χ4n) is 6.38. The number of halogens is 2. The molecular weight excluding hydrogens is 1130 g/mol. The highest BCUT2D eigenvalue weighted by molar-refractivity contribution is 9.10. The molecule has 23 heteroatoms. The molecule has 0 aromatic heterocycles. The first kappa shape index (κ1) is 65.7. The molecule has 420 valence electrons. The number of carboxylic acid groups (broad SMARTS) is 1. The Morgan fingerprint density at radius 2 is 0.922 bits per heavy atom. The number of anilines is 6. The van der Waals surface area contributed by atoms with Gasteiger partial charge >= 0.3 is 30.3 Å². The third-order valence-corrected chi connectivity index (χ3v) is 10.6. The van der Waals surface area contributed by atoms with Crippen LogP contribution in [0.25, 0.3) is 0 Å². The molecule has 2 atom stereocenters. The van der Waals surface area contributed by atoms with Gasteiger partial charge in [-0.1, -0.05) is 81.1 Å². The second kappa shape index (κ2) is 34.3. The van der Waals surface area contributed by atoms with Crippen LogP contribution >= 0.6 is 31.9 Å². The van der Waals surface area contributed by atoms with Crippen LogP contribution in [0.5, 0.6) is 0 Å². The van der Waals surface area contributed by atoms with Gasteiger partial charge in [0.05, 0.1) is 36.0 Å². The first-order valence-corrected chi connectivity index (χ1v) is 26.3. The number of amides is 7. The van der Waals surface area contributed by atoms with Crippen molar-refractivity contribution in [2.45, 2.75) is 130 Å². The maximum Gasteiger partial charge on any atom is 0.412 e. The molecule has 10 N–H and O–H groups in total. The van der Waals surface area contributed by atoms with Crippen LogP contribution < -0.4 is 43.0 Å². The van der Waals surface area contributed by atoms with E-state index >= 15 is 0 Å². The number of ether oxygens (including phenoxy) is 4. The van der Waals surface area contributed by atoms with Crippen molar-refractivity contribution in [1.82, 2.24) is 10.6 Å². The quantitative estimate of drug-likeness (QED) is 0.0213. The molecule has 4 aromatic rings. The summed E-state index contributed by atoms with van der Waals surface area (Å²) in [5.74, 6) is -2.09. The zero-order valence-corrected chi connectivity index (χ0v) is 47.8. The topological polar surface area (TPSA) is 304 Å². The highest BCUT2D eigenvalue weighted by atomic mass is 79.9. The molecule has 0 saturated carbocycles. The van der Waals surface area contributed by atoms with Gasteiger partial charge in [-0.3, -0.25) is 25.0 Å². The van der Waals surface area contributed by atoms with Gasteiger partial charge in [0.1, 0.15) is 23.3 Å². The number of rotatable bonds is 21. The van der Waals surface area contributed by atoms with Crippen LogP contribution in [-0.2, 0) is 38.1 Å². The summed E-state index contributed by atoms with van der Waals surface area (Å²) in [6.45, 7) is 14.1. The molecule has 0 aliphatic heterocycles. The van der Waals surface area contributed by atoms with Crippen molar-refractivity contribution in [2.24, 2.45) is 0 Å². The van der Waals surface area contributed by atoms with Crippen molar-refractivity contribution in [3.8, 4) is 0 Å². The minimum absolute atomic E-state index is 0.141. The first-order chi connectivity index (χ1) is 36.3. The fraction of sp³-hybridized carbons (Fsp3) is 0.407. The molecule has 0 unspecified atom stereocenters. The van der Waals surface area contributed by atoms with E-state index in [1.165, 1.54) is 0 Å². The van der Waals surface area contributed by atoms with E-state index in [0.29, 0.717) is 60.5 Å². The molecule has 4 aromatic carbocycles. The summed E-state index contributed by atoms with van der Waals surface area (Å²) in [5.41, 5.74) is 7.17. The number of para-hydroxylation sites is 4. The van der Waals surface area contributed by atoms with Crippen LogP contribution in [0.2, 0.25) is 0 Å². The summed E-state index contributed by atoms with van der Waals surface area (Å²) in [6.07, 6.45) is -0.143. The summed E-state index contributed by atoms with van der Waals surface area (Å²) in [6, 6.07) is 26.3. The Labute approximate surface area is 466 Å². The summed E-state index contributed by atoms with van der Waals surface area (Å²) in [7, 11) is 0. The smallest absolute Gasteiger partial charge is 0.412 e. The minimum Gasteiger partial charge on any atom is -0.480 e. The summed E-state index contributed by atoms with van der Waals surface area (Å²) in [4.78, 5) is 96.3. The van der Waals surface area contributed by atoms with E-state index in [0.717, 1.165) is 14.6 Å². The lowest BCUT2D eigenvalue weighted by Gasteiger charge is -2.20. The number of aliphatic carboxylic acids is 1. The first-order valence-electron chi connectivity index (χ1n) is 24.7. The SMILES string of the molecule is CCOC(=O)N[C@@H](CCCCC(=O)Nc1ccccc1NC(=O)OC(C)(C)C)C(=O)Nc1cccc(Br)c1.CCOC(=O)N[C@@H](CCCCC(=O)Nc1ccccc1NC(=O)OC(C)(C)C)C(=O)O.Nc1cccc(Br)c1. The van der Waals surface area contributed by atoms with Crippen LogP contribution in [0.15, 0.2) is 106 Å². The van der Waals surface area contributed by atoms with E-state index in [1.807, 2.05) is 30.3 Å². The number of benzene rings is 4. The van der Waals surface area contributed by atoms with E-state index in [2.05, 4.69) is 73.8 Å². The number of hydrogen-bond acceptors (Lipinski definition) is 13. The number of nitrogens with one attached hydrogen (secondary N) is 7. The van der Waals surface area contributed by atoms with E-state index in [-0.39, 0.29) is 50.2 Å². The maximum atomic E-state index is 12.8. The van der Waals surface area contributed by atoms with Crippen molar-refractivity contribution in [2.75, 3.05) is 45.5 Å². The average molecular weight is 1200 g/mol. The van der Waals surface area contributed by atoms with Gasteiger partial charge in [0.15, 0.2) is 0 Å². The summed E-state index contributed by atoms with van der Waals surface area (Å²) in [5, 5.41) is 27.6. The highest BCUT2D eigenvalue weighted by Crippen LogP contribution is 2.25. The molecule has 0 spiro atoms. The number of nitrogen functional groups attached to an aromatic ring is 1. The fourth-order valence-corrected chi connectivity index (χ4v) is 7.20. The number of carbonyl (C=O) groups excluding carboxylic acids is 7. The second-order valence-corrected chi connectivity index (χ2v) is 20.5. The van der Waals surface area contributed by atoms with Crippen LogP contribution in [-0.4, -0.2) is 89.7 Å². The molecule has 0 heterocycles. The molecule has 7 amide bonds. The van der Waals surface area contributed by atoms with Crippen LogP contribution in [0, 0.1) is 0 Å². The molecule has 0 saturated heterocycles. The lowest BCUT2D eigenvalue weighted by atomic mass is 10.1. The van der Waals surface area contributed by atoms with Gasteiger partial charge in [0.2, 0.25) is 17.7 Å². The summed E-state index contributed by atoms with van der Waals surface area (Å²) >= 11 is 6.64. The maximum absolute atomic E-state index is 12.8. The Hall–Kier alpha value is -7.40. The normalized spacial score (nSPS) is 11.4. The van der Waals surface area contributed by atoms with Gasteiger partial charge < -0.3 is 56.4 Å². The Kier molecular flexibility index (Phi) is 29.3. The van der Waals surface area contributed by atoms with Gasteiger partial charge in [-0.05, 0) is 142 Å². The Morgan fingerprint density at radius 1 is 0.519 bits per heavy atom. The van der Waals surface area contributed by atoms with E-state index in [4.69, 9.17) is 19.9 Å². The number of unbranched alkanes of at least 4 members (excludes halogenated alkanes) is 2. The van der Waals surface area contributed by atoms with Gasteiger partial charge in [-0.2, -0.15) is 0 Å². The highest BCUT2D eigenvalue weighted by Gasteiger charge is 2.24. The molecule has 4 rings (SSSR count). The number of nitrogens with two attached hydrogens (primary N) is 1. The number of hydrogen-bond donors (Lipinski definition) is 9. The molecule has 0 fully saturated rings. The third kappa shape index (κ3) is 30.1. The van der Waals surface area contributed by atoms with Crippen molar-refractivity contribution in [3.05, 3.63) is 106 Å². The largest absolute Gasteiger partial charge is 0.480 e. The van der Waals surface area contributed by atoms with Crippen LogP contribution in [0.4, 0.5) is 53.3 Å². The lowest BCUT2D eigenvalue weighted by molar-refractivity contribution is -0.139. The van der Waals surface area contributed by atoms with Crippen molar-refractivity contribution < 1.29 is 62.4 Å². The zero-order valence-electron chi connectivity index (χ0n) is 44.6. The number of carboxylic acids is 1. The van der Waals surface area contributed by atoms with Gasteiger partial charge in [-0.15, -0.1) is 0 Å². The van der Waals surface area contributed by atoms with Crippen molar-refractivity contribution in [1.29, 1.82) is 0 Å². The lowest BCUT2D eigenvalue weighted by Crippen LogP contribution is -2.44. The molecule has 0 aliphatic rings. The van der Waals surface area contributed by atoms with Crippen molar-refractivity contribution >= 4 is 114 Å². The number of alkyl carbamates (subject to hydrolysis) is 2. The average Bonchev–Trinajstić information content (AvgIpc) is 3.31. The molecular formula is C54H72Br2N8O13. The predicted octanol–water partition coefficient (Wildman–Crippen LogP) is 11.8. The third-order valence-electron chi connectivity index (χ3n) is 9.66. The van der Waals surface area contributed by atoms with E-state index in [1.54, 1.807) is 122 Å². The van der Waals surface area contributed by atoms with Crippen molar-refractivity contribution in [3.63, 3.8) is 0 Å². The predicted molar refractivity (Wildman–Crippen MR) is 304 cm³/mol. The van der Waals surface area contributed by atoms with Crippen LogP contribution in [0.3, 0.4) is 0 Å². The Bertz CT molecular complexity index is 2560. The standard InChI is InChI=1S/C27H35BrN4O6.C21H31N3O7.C6H6BrN/c1-5-37-25(35)32-22(24(34)29-19-12-10-11-18(28)17-19)15-8-9-16-23(33)30-20-13-6-7-14-21(20)31-26(36)38-27(2,3)4;1-5-30-19(28)24-16(18(26)27)12-8-9-13-17(25)22-14-10-6-7-11-15(14)23-20(29)31-21(2,3)4;7-5-2-1-3-6(8)4-5/h6-7,10-14,17,22H,5,8-9,15-16H2,1-4H3,(H,29,34)(H,30,33)(H,31,36)(H,32,35);6-7,10-11,16H,5,8-9,12-13H2,1-4H3,(H,22,25)(H,23,29)(H,24,28)(H,26,27);1-4H,8H2/t22-;16-;/m00./s1. The molecule has 0 aliphatic carbocycles. The monoisotopic (exact) mass is 1200 g/mol. The second-order valence-electron chi connectivity index (χ2n) is 18.7. The molecule has 77 heavy (non-hydrogen) atoms. The molecule has 21 nitrogen and oxygen atoms in total. The molecule has 0 bridgehead atoms. The summed E-state index contributed by atoms with van der Waals surface area (Å²) < 4.78 is 21.9. The molecule has 0 radical (unpaired) electrons. The van der Waals surface area contributed by atoms with Gasteiger partial charge in [0.25, 0.3) is 0 Å².